The summed E-state index contributed by atoms with van der Waals surface area (Å²) in [6.45, 7) is 6.55. The van der Waals surface area contributed by atoms with Gasteiger partial charge in [0.1, 0.15) is 6.04 Å². The Balaban J connectivity index is 2.25. The Labute approximate surface area is 126 Å². The predicted molar refractivity (Wildman–Crippen MR) is 80.3 cm³/mol. The number of piperidine rings is 1. The lowest BCUT2D eigenvalue weighted by Gasteiger charge is -2.35. The first-order valence-electron chi connectivity index (χ1n) is 7.91. The van der Waals surface area contributed by atoms with Crippen LogP contribution in [-0.2, 0) is 9.53 Å². The van der Waals surface area contributed by atoms with Gasteiger partial charge in [-0.3, -0.25) is 0 Å². The van der Waals surface area contributed by atoms with E-state index in [1.165, 1.54) is 4.90 Å². The van der Waals surface area contributed by atoms with Crippen molar-refractivity contribution in [2.75, 3.05) is 26.3 Å². The summed E-state index contributed by atoms with van der Waals surface area (Å²) >= 11 is 0. The highest BCUT2D eigenvalue weighted by atomic mass is 16.5. The Hall–Kier alpha value is -1.30. The highest BCUT2D eigenvalue weighted by Crippen LogP contribution is 2.22. The van der Waals surface area contributed by atoms with Crippen molar-refractivity contribution >= 4 is 12.0 Å². The number of hydrogen-bond acceptors (Lipinski definition) is 3. The average Bonchev–Trinajstić information content (AvgIpc) is 2.46. The highest BCUT2D eigenvalue weighted by Gasteiger charge is 2.34. The average molecular weight is 300 g/mol. The lowest BCUT2D eigenvalue weighted by molar-refractivity contribution is -0.143. The van der Waals surface area contributed by atoms with Crippen molar-refractivity contribution in [2.45, 2.75) is 52.0 Å². The number of carbonyl (C=O) groups excluding carboxylic acids is 1. The van der Waals surface area contributed by atoms with Crippen molar-refractivity contribution in [2.24, 2.45) is 5.92 Å². The number of aliphatic carboxylic acids is 1. The number of nitrogens with one attached hydrogen (secondary N) is 1. The molecule has 2 N–H and O–H groups in total. The minimum absolute atomic E-state index is 0.275. The van der Waals surface area contributed by atoms with Crippen LogP contribution in [0.15, 0.2) is 0 Å². The van der Waals surface area contributed by atoms with Crippen LogP contribution in [0.5, 0.6) is 0 Å². The Morgan fingerprint density at radius 2 is 2.05 bits per heavy atom. The van der Waals surface area contributed by atoms with E-state index in [4.69, 9.17) is 4.74 Å². The molecule has 0 aromatic carbocycles. The van der Waals surface area contributed by atoms with Crippen molar-refractivity contribution in [1.82, 2.24) is 10.2 Å². The van der Waals surface area contributed by atoms with Crippen LogP contribution < -0.4 is 5.32 Å². The summed E-state index contributed by atoms with van der Waals surface area (Å²) < 4.78 is 5.42. The molecule has 2 unspecified atom stereocenters. The van der Waals surface area contributed by atoms with Crippen LogP contribution in [0.1, 0.15) is 46.0 Å². The van der Waals surface area contributed by atoms with Crippen molar-refractivity contribution in [3.05, 3.63) is 0 Å². The number of rotatable bonds is 8. The number of nitrogens with zero attached hydrogens (tertiary/aromatic N) is 1. The number of urea groups is 1. The molecule has 0 spiro atoms. The van der Waals surface area contributed by atoms with E-state index in [1.807, 2.05) is 6.92 Å². The van der Waals surface area contributed by atoms with Crippen molar-refractivity contribution in [1.29, 1.82) is 0 Å². The van der Waals surface area contributed by atoms with Gasteiger partial charge in [0.15, 0.2) is 0 Å². The van der Waals surface area contributed by atoms with Gasteiger partial charge < -0.3 is 20.1 Å². The lowest BCUT2D eigenvalue weighted by atomic mass is 9.93. The standard InChI is InChI=1S/C15H28N2O4/c1-3-4-9-21-10-5-7-16-15(20)17-8-6-12(2)11-13(17)14(18)19/h12-13H,3-11H2,1-2H3,(H,16,20)(H,18,19). The summed E-state index contributed by atoms with van der Waals surface area (Å²) in [6.07, 6.45) is 4.30. The normalized spacial score (nSPS) is 22.1. The fraction of sp³-hybridized carbons (Fsp3) is 0.867. The van der Waals surface area contributed by atoms with Crippen LogP contribution in [0.2, 0.25) is 0 Å². The largest absolute Gasteiger partial charge is 0.480 e. The zero-order valence-electron chi connectivity index (χ0n) is 13.1. The SMILES string of the molecule is CCCCOCCCNC(=O)N1CCC(C)CC1C(=O)O. The maximum absolute atomic E-state index is 12.1. The molecule has 6 nitrogen and oxygen atoms in total. The number of carboxylic acids is 1. The molecule has 0 aromatic rings. The van der Waals surface area contributed by atoms with Crippen LogP contribution in [-0.4, -0.2) is 54.4 Å². The Morgan fingerprint density at radius 3 is 2.71 bits per heavy atom. The number of hydrogen-bond donors (Lipinski definition) is 2. The summed E-state index contributed by atoms with van der Waals surface area (Å²) in [7, 11) is 0. The molecule has 0 radical (unpaired) electrons. The van der Waals surface area contributed by atoms with Gasteiger partial charge in [0.25, 0.3) is 0 Å². The second kappa shape index (κ2) is 9.60. The monoisotopic (exact) mass is 300 g/mol. The molecule has 2 atom stereocenters. The number of carbonyl (C=O) groups is 2. The van der Waals surface area contributed by atoms with Gasteiger partial charge in [0.05, 0.1) is 0 Å². The van der Waals surface area contributed by atoms with Gasteiger partial charge in [0.2, 0.25) is 0 Å². The lowest BCUT2D eigenvalue weighted by Crippen LogP contribution is -2.53. The van der Waals surface area contributed by atoms with Gasteiger partial charge in [-0.05, 0) is 31.6 Å². The number of unbranched alkanes of at least 4 members (excludes halogenated alkanes) is 1. The number of carboxylic acid groups (broad SMARTS) is 1. The smallest absolute Gasteiger partial charge is 0.326 e. The second-order valence-electron chi connectivity index (χ2n) is 5.73. The van der Waals surface area contributed by atoms with Crippen molar-refractivity contribution in [3.63, 3.8) is 0 Å². The zero-order valence-corrected chi connectivity index (χ0v) is 13.1. The second-order valence-corrected chi connectivity index (χ2v) is 5.73. The van der Waals surface area contributed by atoms with Crippen LogP contribution in [0.3, 0.4) is 0 Å². The third-order valence-corrected chi connectivity index (χ3v) is 3.79. The molecular weight excluding hydrogens is 272 g/mol. The molecule has 2 amide bonds. The first kappa shape index (κ1) is 17.8. The summed E-state index contributed by atoms with van der Waals surface area (Å²) in [6, 6.07) is -0.975. The van der Waals surface area contributed by atoms with E-state index in [-0.39, 0.29) is 6.03 Å². The van der Waals surface area contributed by atoms with Gasteiger partial charge in [-0.25, -0.2) is 9.59 Å². The summed E-state index contributed by atoms with van der Waals surface area (Å²) in [5, 5.41) is 12.0. The van der Waals surface area contributed by atoms with Crippen LogP contribution in [0, 0.1) is 5.92 Å². The van der Waals surface area contributed by atoms with E-state index < -0.39 is 12.0 Å². The molecule has 1 rings (SSSR count). The molecule has 6 heteroatoms. The van der Waals surface area contributed by atoms with E-state index in [0.717, 1.165) is 32.3 Å². The molecule has 1 fully saturated rings. The van der Waals surface area contributed by atoms with Gasteiger partial charge in [-0.2, -0.15) is 0 Å². The van der Waals surface area contributed by atoms with Gasteiger partial charge in [0, 0.05) is 26.3 Å². The fourth-order valence-corrected chi connectivity index (χ4v) is 2.44. The molecule has 0 aliphatic carbocycles. The molecule has 21 heavy (non-hydrogen) atoms. The molecule has 1 heterocycles. The minimum atomic E-state index is -0.917. The number of likely N-dealkylation sites (tertiary alicyclic amines) is 1. The first-order chi connectivity index (χ1) is 10.1. The third-order valence-electron chi connectivity index (χ3n) is 3.79. The van der Waals surface area contributed by atoms with Crippen molar-refractivity contribution < 1.29 is 19.4 Å². The van der Waals surface area contributed by atoms with Crippen LogP contribution in [0.25, 0.3) is 0 Å². The van der Waals surface area contributed by atoms with E-state index in [1.54, 1.807) is 0 Å². The molecule has 0 bridgehead atoms. The Kier molecular flexibility index (Phi) is 8.12. The molecule has 122 valence electrons. The summed E-state index contributed by atoms with van der Waals surface area (Å²) in [4.78, 5) is 24.8. The maximum Gasteiger partial charge on any atom is 0.326 e. The number of ether oxygens (including phenoxy) is 1. The van der Waals surface area contributed by atoms with Gasteiger partial charge >= 0.3 is 12.0 Å². The van der Waals surface area contributed by atoms with Crippen molar-refractivity contribution in [3.8, 4) is 0 Å². The quantitative estimate of drug-likeness (QED) is 0.673. The molecular formula is C15H28N2O4. The van der Waals surface area contributed by atoms with E-state index >= 15 is 0 Å². The summed E-state index contributed by atoms with van der Waals surface area (Å²) in [5.41, 5.74) is 0. The van der Waals surface area contributed by atoms with Gasteiger partial charge in [-0.1, -0.05) is 20.3 Å². The predicted octanol–water partition coefficient (Wildman–Crippen LogP) is 2.09. The maximum atomic E-state index is 12.1. The topological polar surface area (TPSA) is 78.9 Å². The van der Waals surface area contributed by atoms with Crippen LogP contribution in [0.4, 0.5) is 4.79 Å². The van der Waals surface area contributed by atoms with E-state index in [2.05, 4.69) is 12.2 Å². The zero-order chi connectivity index (χ0) is 15.7. The Morgan fingerprint density at radius 1 is 1.33 bits per heavy atom. The van der Waals surface area contributed by atoms with E-state index in [9.17, 15) is 14.7 Å². The fourth-order valence-electron chi connectivity index (χ4n) is 2.44. The molecule has 1 aliphatic rings. The Bertz CT molecular complexity index is 336. The molecule has 1 aliphatic heterocycles. The van der Waals surface area contributed by atoms with Crippen LogP contribution >= 0.6 is 0 Å². The van der Waals surface area contributed by atoms with E-state index in [0.29, 0.717) is 32.0 Å². The molecule has 0 saturated carbocycles. The number of amides is 2. The first-order valence-corrected chi connectivity index (χ1v) is 7.91. The molecule has 0 aromatic heterocycles. The van der Waals surface area contributed by atoms with Gasteiger partial charge in [-0.15, -0.1) is 0 Å². The minimum Gasteiger partial charge on any atom is -0.480 e. The highest BCUT2D eigenvalue weighted by molar-refractivity contribution is 5.82. The summed E-state index contributed by atoms with van der Waals surface area (Å²) in [5.74, 6) is -0.568. The molecule has 1 saturated heterocycles. The third kappa shape index (κ3) is 6.33.